The topological polar surface area (TPSA) is 60.9 Å². The van der Waals surface area contributed by atoms with E-state index in [9.17, 15) is 0 Å². The fourth-order valence-electron chi connectivity index (χ4n) is 1.77. The molecule has 0 aliphatic rings. The molecule has 0 aliphatic carbocycles. The number of halogens is 1. The molecule has 0 saturated carbocycles. The Balaban J connectivity index is 2.14. The molecular weight excluding hydrogens is 252 g/mol. The van der Waals surface area contributed by atoms with E-state index in [4.69, 9.17) is 11.6 Å². The van der Waals surface area contributed by atoms with Gasteiger partial charge < -0.3 is 0 Å². The van der Waals surface area contributed by atoms with E-state index in [2.05, 4.69) is 20.4 Å². The largest absolute Gasteiger partial charge is 0.265 e. The summed E-state index contributed by atoms with van der Waals surface area (Å²) in [6.07, 6.45) is 3.59. The standard InChI is InChI=1S/C11H11ClN6/c1-7-8(2)11-15-14-9(18(11)16-10(7)12)6-17-5-3-4-13-17/h3-5H,6H2,1-2H3. The normalized spacial score (nSPS) is 11.3. The predicted octanol–water partition coefficient (Wildman–Crippen LogP) is 1.64. The molecule has 0 fully saturated rings. The van der Waals surface area contributed by atoms with Crippen LogP contribution in [0.1, 0.15) is 17.0 Å². The van der Waals surface area contributed by atoms with Gasteiger partial charge >= 0.3 is 0 Å². The van der Waals surface area contributed by atoms with Crippen molar-refractivity contribution in [1.29, 1.82) is 0 Å². The molecule has 3 aromatic rings. The summed E-state index contributed by atoms with van der Waals surface area (Å²) >= 11 is 6.09. The van der Waals surface area contributed by atoms with E-state index in [0.717, 1.165) is 16.8 Å². The van der Waals surface area contributed by atoms with Gasteiger partial charge in [0.1, 0.15) is 6.54 Å². The maximum Gasteiger partial charge on any atom is 0.181 e. The van der Waals surface area contributed by atoms with Crippen molar-refractivity contribution < 1.29 is 0 Å². The van der Waals surface area contributed by atoms with Crippen molar-refractivity contribution in [2.45, 2.75) is 20.4 Å². The lowest BCUT2D eigenvalue weighted by Crippen LogP contribution is -2.07. The molecular formula is C11H11ClN6. The van der Waals surface area contributed by atoms with Crippen LogP contribution in [0.2, 0.25) is 5.15 Å². The molecule has 3 heterocycles. The summed E-state index contributed by atoms with van der Waals surface area (Å²) in [5.41, 5.74) is 2.66. The van der Waals surface area contributed by atoms with Crippen LogP contribution in [0.25, 0.3) is 5.65 Å². The van der Waals surface area contributed by atoms with Crippen molar-refractivity contribution in [3.05, 3.63) is 40.6 Å². The third-order valence-corrected chi connectivity index (χ3v) is 3.32. The van der Waals surface area contributed by atoms with Gasteiger partial charge in [-0.15, -0.1) is 10.2 Å². The zero-order valence-corrected chi connectivity index (χ0v) is 10.8. The number of hydrogen-bond donors (Lipinski definition) is 0. The molecule has 0 radical (unpaired) electrons. The Morgan fingerprint density at radius 2 is 2.06 bits per heavy atom. The molecule has 18 heavy (non-hydrogen) atoms. The monoisotopic (exact) mass is 262 g/mol. The lowest BCUT2D eigenvalue weighted by Gasteiger charge is -2.05. The van der Waals surface area contributed by atoms with Crippen LogP contribution in [0.3, 0.4) is 0 Å². The van der Waals surface area contributed by atoms with E-state index in [1.165, 1.54) is 0 Å². The maximum atomic E-state index is 6.09. The van der Waals surface area contributed by atoms with Crippen LogP contribution in [0.5, 0.6) is 0 Å². The van der Waals surface area contributed by atoms with Gasteiger partial charge in [-0.2, -0.15) is 14.7 Å². The van der Waals surface area contributed by atoms with Gasteiger partial charge in [-0.3, -0.25) is 4.68 Å². The number of hydrogen-bond acceptors (Lipinski definition) is 4. The van der Waals surface area contributed by atoms with Crippen LogP contribution >= 0.6 is 11.6 Å². The molecule has 3 rings (SSSR count). The van der Waals surface area contributed by atoms with Crippen LogP contribution in [0.4, 0.5) is 0 Å². The van der Waals surface area contributed by atoms with E-state index in [-0.39, 0.29) is 0 Å². The van der Waals surface area contributed by atoms with Gasteiger partial charge in [0.25, 0.3) is 0 Å². The SMILES string of the molecule is Cc1c(Cl)nn2c(Cn3cccn3)nnc2c1C. The van der Waals surface area contributed by atoms with Crippen molar-refractivity contribution in [2.75, 3.05) is 0 Å². The van der Waals surface area contributed by atoms with E-state index < -0.39 is 0 Å². The molecule has 0 atom stereocenters. The summed E-state index contributed by atoms with van der Waals surface area (Å²) in [5, 5.41) is 17.2. The molecule has 6 nitrogen and oxygen atoms in total. The van der Waals surface area contributed by atoms with Crippen LogP contribution in [0, 0.1) is 13.8 Å². The second-order valence-corrected chi connectivity index (χ2v) is 4.45. The Bertz CT molecular complexity index is 700. The van der Waals surface area contributed by atoms with Gasteiger partial charge in [0.05, 0.1) is 0 Å². The number of aryl methyl sites for hydroxylation is 1. The molecule has 0 N–H and O–H groups in total. The predicted molar refractivity (Wildman–Crippen MR) is 66.6 cm³/mol. The first-order valence-electron chi connectivity index (χ1n) is 5.51. The van der Waals surface area contributed by atoms with Gasteiger partial charge in [0.2, 0.25) is 0 Å². The molecule has 0 unspecified atom stereocenters. The third kappa shape index (κ3) is 1.65. The van der Waals surface area contributed by atoms with Crippen LogP contribution in [-0.4, -0.2) is 29.6 Å². The van der Waals surface area contributed by atoms with Crippen molar-refractivity contribution in [1.82, 2.24) is 29.6 Å². The third-order valence-electron chi connectivity index (χ3n) is 2.96. The van der Waals surface area contributed by atoms with Gasteiger partial charge in [-0.05, 0) is 25.5 Å². The molecule has 0 aliphatic heterocycles. The number of nitrogens with zero attached hydrogens (tertiary/aromatic N) is 6. The highest BCUT2D eigenvalue weighted by atomic mass is 35.5. The van der Waals surface area contributed by atoms with Crippen LogP contribution in [-0.2, 0) is 6.54 Å². The molecule has 0 spiro atoms. The maximum absolute atomic E-state index is 6.09. The fourth-order valence-corrected chi connectivity index (χ4v) is 1.99. The Morgan fingerprint density at radius 1 is 1.22 bits per heavy atom. The smallest absolute Gasteiger partial charge is 0.181 e. The lowest BCUT2D eigenvalue weighted by molar-refractivity contribution is 0.635. The minimum atomic E-state index is 0.474. The van der Waals surface area contributed by atoms with Crippen LogP contribution < -0.4 is 0 Å². The van der Waals surface area contributed by atoms with E-state index in [1.807, 2.05) is 26.1 Å². The van der Waals surface area contributed by atoms with Crippen LogP contribution in [0.15, 0.2) is 18.5 Å². The second-order valence-electron chi connectivity index (χ2n) is 4.10. The zero-order chi connectivity index (χ0) is 12.7. The van der Waals surface area contributed by atoms with E-state index in [0.29, 0.717) is 17.5 Å². The minimum Gasteiger partial charge on any atom is -0.265 e. The zero-order valence-electron chi connectivity index (χ0n) is 10.0. The summed E-state index contributed by atoms with van der Waals surface area (Å²) in [6.45, 7) is 4.40. The molecule has 0 bridgehead atoms. The van der Waals surface area contributed by atoms with Crippen molar-refractivity contribution in [3.8, 4) is 0 Å². The first kappa shape index (κ1) is 11.2. The Morgan fingerprint density at radius 3 is 2.78 bits per heavy atom. The Hall–Kier alpha value is -1.95. The minimum absolute atomic E-state index is 0.474. The summed E-state index contributed by atoms with van der Waals surface area (Å²) in [5.74, 6) is 0.707. The van der Waals surface area contributed by atoms with Crippen molar-refractivity contribution >= 4 is 17.2 Å². The first-order chi connectivity index (χ1) is 8.66. The number of aromatic nitrogens is 6. The van der Waals surface area contributed by atoms with Gasteiger partial charge in [0.15, 0.2) is 16.6 Å². The molecule has 7 heteroatoms. The van der Waals surface area contributed by atoms with Crippen molar-refractivity contribution in [2.24, 2.45) is 0 Å². The first-order valence-corrected chi connectivity index (χ1v) is 5.89. The number of fused-ring (bicyclic) bond motifs is 1. The molecule has 0 aromatic carbocycles. The quantitative estimate of drug-likeness (QED) is 0.704. The summed E-state index contributed by atoms with van der Waals surface area (Å²) in [6, 6.07) is 1.86. The summed E-state index contributed by atoms with van der Waals surface area (Å²) < 4.78 is 3.44. The average Bonchev–Trinajstić information content (AvgIpc) is 2.98. The highest BCUT2D eigenvalue weighted by Gasteiger charge is 2.13. The average molecular weight is 263 g/mol. The van der Waals surface area contributed by atoms with E-state index >= 15 is 0 Å². The van der Waals surface area contributed by atoms with Gasteiger partial charge in [-0.1, -0.05) is 11.6 Å². The van der Waals surface area contributed by atoms with E-state index in [1.54, 1.807) is 15.4 Å². The van der Waals surface area contributed by atoms with Gasteiger partial charge in [0, 0.05) is 18.0 Å². The highest BCUT2D eigenvalue weighted by Crippen LogP contribution is 2.19. The molecule has 0 amide bonds. The molecule has 3 aromatic heterocycles. The molecule has 0 saturated heterocycles. The Labute approximate surface area is 108 Å². The Kier molecular flexibility index (Phi) is 2.52. The lowest BCUT2D eigenvalue weighted by atomic mass is 10.2. The number of rotatable bonds is 2. The summed E-state index contributed by atoms with van der Waals surface area (Å²) in [4.78, 5) is 0. The molecule has 92 valence electrons. The van der Waals surface area contributed by atoms with Crippen molar-refractivity contribution in [3.63, 3.8) is 0 Å². The highest BCUT2D eigenvalue weighted by molar-refractivity contribution is 6.30. The summed E-state index contributed by atoms with van der Waals surface area (Å²) in [7, 11) is 0. The van der Waals surface area contributed by atoms with Gasteiger partial charge in [-0.25, -0.2) is 0 Å². The fraction of sp³-hybridized carbons (Fsp3) is 0.273. The second kappa shape index (κ2) is 4.06.